The number of nitrogens with zero attached hydrogens (tertiary/aromatic N) is 1. The van der Waals surface area contributed by atoms with E-state index >= 15 is 0 Å². The zero-order valence-electron chi connectivity index (χ0n) is 11.9. The number of hydrogen-bond donors (Lipinski definition) is 0. The lowest BCUT2D eigenvalue weighted by Gasteiger charge is -2.18. The van der Waals surface area contributed by atoms with E-state index in [-0.39, 0.29) is 12.3 Å². The largest absolute Gasteiger partial charge is 0.424 e. The molecule has 0 aliphatic heterocycles. The highest BCUT2D eigenvalue weighted by molar-refractivity contribution is 7.54. The molecule has 0 aliphatic rings. The van der Waals surface area contributed by atoms with Gasteiger partial charge in [0.1, 0.15) is 5.75 Å². The van der Waals surface area contributed by atoms with Gasteiger partial charge in [0, 0.05) is 18.0 Å². The number of nitro benzene ring substituents is 1. The van der Waals surface area contributed by atoms with Crippen molar-refractivity contribution in [2.75, 3.05) is 18.6 Å². The summed E-state index contributed by atoms with van der Waals surface area (Å²) in [6.07, 6.45) is 2.70. The summed E-state index contributed by atoms with van der Waals surface area (Å²) in [5, 5.41) is 10.6. The van der Waals surface area contributed by atoms with Crippen molar-refractivity contribution in [3.05, 3.63) is 34.4 Å². The summed E-state index contributed by atoms with van der Waals surface area (Å²) in [6.45, 7) is 2.02. The van der Waals surface area contributed by atoms with E-state index in [1.165, 1.54) is 24.3 Å². The summed E-state index contributed by atoms with van der Waals surface area (Å²) in [5.74, 6) is 0.872. The summed E-state index contributed by atoms with van der Waals surface area (Å²) in [5.41, 5.74) is -0.0456. The van der Waals surface area contributed by atoms with Gasteiger partial charge in [0.15, 0.2) is 0 Å². The Bertz CT molecular complexity index is 494. The summed E-state index contributed by atoms with van der Waals surface area (Å²) < 4.78 is 23.2. The van der Waals surface area contributed by atoms with Crippen molar-refractivity contribution in [2.24, 2.45) is 0 Å². The zero-order chi connectivity index (χ0) is 15.7. The maximum Gasteiger partial charge on any atom is 0.379 e. The van der Waals surface area contributed by atoms with Gasteiger partial charge in [-0.25, -0.2) is 4.57 Å². The highest BCUT2D eigenvalue weighted by Gasteiger charge is 2.25. The maximum absolute atomic E-state index is 12.6. The molecule has 0 amide bonds. The molecule has 1 aromatic rings. The van der Waals surface area contributed by atoms with Crippen LogP contribution in [-0.4, -0.2) is 23.6 Å². The van der Waals surface area contributed by atoms with Crippen LogP contribution in [0.25, 0.3) is 0 Å². The summed E-state index contributed by atoms with van der Waals surface area (Å²) in [4.78, 5) is 10.1. The average Bonchev–Trinajstić information content (AvgIpc) is 2.44. The molecule has 0 aromatic heterocycles. The molecule has 1 rings (SSSR count). The van der Waals surface area contributed by atoms with Crippen LogP contribution < -0.4 is 4.52 Å². The molecule has 1 aromatic carbocycles. The van der Waals surface area contributed by atoms with E-state index in [0.717, 1.165) is 12.8 Å². The Kier molecular flexibility index (Phi) is 7.72. The molecular weight excluding hydrogens is 317 g/mol. The van der Waals surface area contributed by atoms with Crippen LogP contribution in [0, 0.1) is 10.1 Å². The van der Waals surface area contributed by atoms with Crippen molar-refractivity contribution in [1.82, 2.24) is 0 Å². The monoisotopic (exact) mass is 335 g/mol. The van der Waals surface area contributed by atoms with Gasteiger partial charge in [0.2, 0.25) is 0 Å². The van der Waals surface area contributed by atoms with E-state index < -0.39 is 12.5 Å². The van der Waals surface area contributed by atoms with Crippen LogP contribution >= 0.6 is 19.2 Å². The smallest absolute Gasteiger partial charge is 0.379 e. The lowest BCUT2D eigenvalue weighted by atomic mass is 10.3. The minimum Gasteiger partial charge on any atom is -0.424 e. The van der Waals surface area contributed by atoms with Crippen LogP contribution in [0.15, 0.2) is 24.3 Å². The van der Waals surface area contributed by atoms with Crippen molar-refractivity contribution >= 4 is 24.9 Å². The van der Waals surface area contributed by atoms with Gasteiger partial charge in [0.05, 0.1) is 17.7 Å². The first-order valence-electron chi connectivity index (χ1n) is 6.74. The molecule has 0 saturated carbocycles. The molecule has 6 nitrogen and oxygen atoms in total. The van der Waals surface area contributed by atoms with Gasteiger partial charge in [-0.15, -0.1) is 11.6 Å². The summed E-state index contributed by atoms with van der Waals surface area (Å²) in [6, 6.07) is 5.45. The van der Waals surface area contributed by atoms with Crippen LogP contribution in [0.1, 0.15) is 26.2 Å². The van der Waals surface area contributed by atoms with Crippen LogP contribution in [0.3, 0.4) is 0 Å². The van der Waals surface area contributed by atoms with E-state index in [0.29, 0.717) is 24.2 Å². The van der Waals surface area contributed by atoms with Crippen molar-refractivity contribution in [3.8, 4) is 5.75 Å². The number of nitro groups is 1. The van der Waals surface area contributed by atoms with Gasteiger partial charge in [-0.05, 0) is 31.9 Å². The van der Waals surface area contributed by atoms with Gasteiger partial charge in [0.25, 0.3) is 5.69 Å². The molecule has 0 N–H and O–H groups in total. The third kappa shape index (κ3) is 6.46. The van der Waals surface area contributed by atoms with Gasteiger partial charge < -0.3 is 9.05 Å². The number of non-ortho nitro benzene ring substituents is 1. The van der Waals surface area contributed by atoms with Crippen LogP contribution in [0.5, 0.6) is 5.75 Å². The lowest BCUT2D eigenvalue weighted by molar-refractivity contribution is -0.384. The first-order chi connectivity index (χ1) is 10.0. The van der Waals surface area contributed by atoms with Crippen molar-refractivity contribution < 1.29 is 18.5 Å². The normalized spacial score (nSPS) is 13.6. The Morgan fingerprint density at radius 2 is 1.90 bits per heavy atom. The molecule has 0 aliphatic carbocycles. The Morgan fingerprint density at radius 3 is 2.43 bits per heavy atom. The van der Waals surface area contributed by atoms with Gasteiger partial charge in [-0.1, -0.05) is 6.42 Å². The quantitative estimate of drug-likeness (QED) is 0.205. The number of rotatable bonds is 10. The van der Waals surface area contributed by atoms with E-state index in [1.54, 1.807) is 6.92 Å². The van der Waals surface area contributed by atoms with E-state index in [1.807, 2.05) is 0 Å². The van der Waals surface area contributed by atoms with E-state index in [9.17, 15) is 14.7 Å². The highest BCUT2D eigenvalue weighted by atomic mass is 35.5. The predicted octanol–water partition coefficient (Wildman–Crippen LogP) is 4.61. The van der Waals surface area contributed by atoms with Gasteiger partial charge >= 0.3 is 7.60 Å². The molecule has 0 bridgehead atoms. The molecule has 1 unspecified atom stereocenters. The van der Waals surface area contributed by atoms with E-state index in [2.05, 4.69) is 0 Å². The first kappa shape index (κ1) is 18.0. The zero-order valence-corrected chi connectivity index (χ0v) is 13.5. The number of benzene rings is 1. The van der Waals surface area contributed by atoms with E-state index in [4.69, 9.17) is 20.6 Å². The fraction of sp³-hybridized carbons (Fsp3) is 0.538. The van der Waals surface area contributed by atoms with Crippen LogP contribution in [0.2, 0.25) is 0 Å². The molecule has 0 heterocycles. The molecule has 0 radical (unpaired) electrons. The number of halogens is 1. The standard InChI is InChI=1S/C13H19ClNO5P/c1-2-19-21(18,11-5-3-4-10-14)20-13-8-6-12(7-9-13)15(16)17/h6-9H,2-5,10-11H2,1H3. The molecule has 1 atom stereocenters. The van der Waals surface area contributed by atoms with Gasteiger partial charge in [-0.3, -0.25) is 10.1 Å². The molecule has 8 heteroatoms. The third-order valence-corrected chi connectivity index (χ3v) is 4.96. The Balaban J connectivity index is 2.67. The van der Waals surface area contributed by atoms with Crippen LogP contribution in [0.4, 0.5) is 5.69 Å². The number of unbranched alkanes of at least 4 members (excludes halogenated alkanes) is 2. The van der Waals surface area contributed by atoms with Gasteiger partial charge in [-0.2, -0.15) is 0 Å². The van der Waals surface area contributed by atoms with Crippen molar-refractivity contribution in [2.45, 2.75) is 26.2 Å². The van der Waals surface area contributed by atoms with Crippen LogP contribution in [-0.2, 0) is 9.09 Å². The SMILES string of the molecule is CCOP(=O)(CCCCCCl)Oc1ccc([N+](=O)[O-])cc1. The minimum absolute atomic E-state index is 0.0456. The maximum atomic E-state index is 12.6. The highest BCUT2D eigenvalue weighted by Crippen LogP contribution is 2.49. The predicted molar refractivity (Wildman–Crippen MR) is 82.4 cm³/mol. The minimum atomic E-state index is -3.23. The first-order valence-corrected chi connectivity index (χ1v) is 9.00. The molecule has 0 saturated heterocycles. The molecule has 0 spiro atoms. The molecule has 21 heavy (non-hydrogen) atoms. The second-order valence-electron chi connectivity index (χ2n) is 4.34. The lowest BCUT2D eigenvalue weighted by Crippen LogP contribution is -2.03. The molecular formula is C13H19ClNO5P. The van der Waals surface area contributed by atoms with Crippen molar-refractivity contribution in [1.29, 1.82) is 0 Å². The number of alkyl halides is 1. The Hall–Kier alpha value is -1.10. The Morgan fingerprint density at radius 1 is 1.24 bits per heavy atom. The fourth-order valence-electron chi connectivity index (χ4n) is 1.70. The second-order valence-corrected chi connectivity index (χ2v) is 6.83. The van der Waals surface area contributed by atoms with Crippen molar-refractivity contribution in [3.63, 3.8) is 0 Å². The topological polar surface area (TPSA) is 78.7 Å². The number of hydrogen-bond acceptors (Lipinski definition) is 5. The molecule has 118 valence electrons. The summed E-state index contributed by atoms with van der Waals surface area (Å²) >= 11 is 5.60. The third-order valence-electron chi connectivity index (χ3n) is 2.68. The average molecular weight is 336 g/mol. The second kappa shape index (κ2) is 9.03. The molecule has 0 fully saturated rings. The Labute approximate surface area is 129 Å². The fourth-order valence-corrected chi connectivity index (χ4v) is 3.61. The summed E-state index contributed by atoms with van der Waals surface area (Å²) in [7, 11) is -3.23.